The summed E-state index contributed by atoms with van der Waals surface area (Å²) in [4.78, 5) is 0. The van der Waals surface area contributed by atoms with Gasteiger partial charge in [-0.25, -0.2) is 0 Å². The van der Waals surface area contributed by atoms with Gasteiger partial charge in [-0.2, -0.15) is 13.2 Å². The van der Waals surface area contributed by atoms with Crippen LogP contribution in [0.2, 0.25) is 0 Å². The van der Waals surface area contributed by atoms with Gasteiger partial charge in [0.2, 0.25) is 0 Å². The maximum Gasteiger partial charge on any atom is 0.416 e. The Kier molecular flexibility index (Phi) is 5.53. The van der Waals surface area contributed by atoms with E-state index in [4.69, 9.17) is 0 Å². The second kappa shape index (κ2) is 8.48. The Labute approximate surface area is 187 Å². The minimum absolute atomic E-state index is 0.616. The molecule has 0 saturated carbocycles. The molecule has 1 aliphatic carbocycles. The van der Waals surface area contributed by atoms with E-state index in [9.17, 15) is 13.2 Å². The summed E-state index contributed by atoms with van der Waals surface area (Å²) in [6.45, 7) is 0. The molecule has 0 aliphatic heterocycles. The highest BCUT2D eigenvalue weighted by Crippen LogP contribution is 2.59. The van der Waals surface area contributed by atoms with Crippen molar-refractivity contribution in [2.24, 2.45) is 0 Å². The highest BCUT2D eigenvalue weighted by molar-refractivity contribution is 7.61. The van der Waals surface area contributed by atoms with Crippen LogP contribution in [0.25, 0.3) is 28.3 Å². The van der Waals surface area contributed by atoms with Crippen molar-refractivity contribution in [1.82, 2.24) is 0 Å². The van der Waals surface area contributed by atoms with Crippen molar-refractivity contribution in [3.8, 4) is 16.2 Å². The van der Waals surface area contributed by atoms with Crippen LogP contribution in [0, 0.1) is 0 Å². The molecule has 0 spiro atoms. The molecular weight excluding hydrogens is 424 g/mol. The van der Waals surface area contributed by atoms with Crippen molar-refractivity contribution in [3.05, 3.63) is 112 Å². The van der Waals surface area contributed by atoms with Gasteiger partial charge in [-0.1, -0.05) is 86.4 Å². The lowest BCUT2D eigenvalue weighted by Gasteiger charge is -2.11. The molecule has 0 nitrogen and oxygen atoms in total. The standard InChI is InChI=1S/C28H22F3P/c29-28(30,31)22-17-14-20(15-18-22)16-19-26-24-12-7-13-25(24)27(21-8-3-1-4-9-21)32(26)23-10-5-2-6-11-23/h1-6,8-11,14-19H,7,12-13H2/b19-16+. The van der Waals surface area contributed by atoms with Crippen LogP contribution in [0.15, 0.2) is 84.9 Å². The average molecular weight is 446 g/mol. The zero-order valence-electron chi connectivity index (χ0n) is 17.4. The van der Waals surface area contributed by atoms with Crippen LogP contribution in [-0.2, 0) is 19.0 Å². The number of halogens is 3. The summed E-state index contributed by atoms with van der Waals surface area (Å²) in [5.41, 5.74) is 4.34. The van der Waals surface area contributed by atoms with Crippen molar-refractivity contribution in [3.63, 3.8) is 0 Å². The molecule has 1 atom stereocenters. The largest absolute Gasteiger partial charge is 0.416 e. The third kappa shape index (κ3) is 3.94. The first-order chi connectivity index (χ1) is 15.5. The average Bonchev–Trinajstić information content (AvgIpc) is 3.39. The normalized spacial score (nSPS) is 14.2. The lowest BCUT2D eigenvalue weighted by atomic mass is 10.1. The van der Waals surface area contributed by atoms with Gasteiger partial charge in [0.15, 0.2) is 0 Å². The van der Waals surface area contributed by atoms with Crippen LogP contribution in [-0.4, -0.2) is 0 Å². The first kappa shape index (κ1) is 20.8. The van der Waals surface area contributed by atoms with E-state index in [0.29, 0.717) is 0 Å². The van der Waals surface area contributed by atoms with Crippen LogP contribution in [0.5, 0.6) is 0 Å². The lowest BCUT2D eigenvalue weighted by molar-refractivity contribution is -0.137. The SMILES string of the molecule is FC(F)(F)c1ccc(/C=C/c2c3c(c(-c4ccccc4)p2-c2ccccc2)CCC3)cc1. The summed E-state index contributed by atoms with van der Waals surface area (Å²) in [6.07, 6.45) is 3.10. The molecule has 0 saturated heterocycles. The van der Waals surface area contributed by atoms with Crippen LogP contribution in [0.1, 0.15) is 34.0 Å². The highest BCUT2D eigenvalue weighted by Gasteiger charge is 2.30. The zero-order chi connectivity index (χ0) is 22.1. The van der Waals surface area contributed by atoms with Gasteiger partial charge in [0.25, 0.3) is 0 Å². The summed E-state index contributed by atoms with van der Waals surface area (Å²) in [6, 6.07) is 26.6. The molecule has 1 heterocycles. The minimum atomic E-state index is -4.31. The minimum Gasteiger partial charge on any atom is -0.166 e. The molecule has 4 aromatic rings. The number of hydrogen-bond donors (Lipinski definition) is 0. The number of hydrogen-bond acceptors (Lipinski definition) is 0. The molecule has 4 heteroatoms. The van der Waals surface area contributed by atoms with Gasteiger partial charge >= 0.3 is 6.18 Å². The third-order valence-corrected chi connectivity index (χ3v) is 8.70. The van der Waals surface area contributed by atoms with Gasteiger partial charge in [-0.3, -0.25) is 0 Å². The molecule has 1 aromatic heterocycles. The first-order valence-corrected chi connectivity index (χ1v) is 12.1. The highest BCUT2D eigenvalue weighted by atomic mass is 31.1. The summed E-state index contributed by atoms with van der Waals surface area (Å²) in [5, 5.41) is 4.08. The molecule has 0 radical (unpaired) electrons. The number of fused-ring (bicyclic) bond motifs is 1. The van der Waals surface area contributed by atoms with Crippen molar-refractivity contribution in [2.45, 2.75) is 25.4 Å². The molecule has 0 bridgehead atoms. The number of alkyl halides is 3. The summed E-state index contributed by atoms with van der Waals surface area (Å²) in [7, 11) is -0.705. The Morgan fingerprint density at radius 2 is 1.31 bits per heavy atom. The quantitative estimate of drug-likeness (QED) is 0.293. The Hall–Kier alpha value is -3.03. The van der Waals surface area contributed by atoms with Crippen LogP contribution in [0.3, 0.4) is 0 Å². The van der Waals surface area contributed by atoms with Gasteiger partial charge in [0.1, 0.15) is 0 Å². The third-order valence-electron chi connectivity index (χ3n) is 6.01. The van der Waals surface area contributed by atoms with Gasteiger partial charge in [-0.05, 0) is 65.0 Å². The topological polar surface area (TPSA) is 0 Å². The van der Waals surface area contributed by atoms with E-state index in [0.717, 1.165) is 37.0 Å². The van der Waals surface area contributed by atoms with Crippen molar-refractivity contribution in [1.29, 1.82) is 0 Å². The summed E-state index contributed by atoms with van der Waals surface area (Å²) < 4.78 is 38.7. The molecule has 1 unspecified atom stereocenters. The van der Waals surface area contributed by atoms with Crippen molar-refractivity contribution < 1.29 is 13.2 Å². The summed E-state index contributed by atoms with van der Waals surface area (Å²) in [5.74, 6) is 0. The van der Waals surface area contributed by atoms with E-state index in [1.165, 1.54) is 32.6 Å². The zero-order valence-corrected chi connectivity index (χ0v) is 18.3. The van der Waals surface area contributed by atoms with Gasteiger partial charge in [-0.15, -0.1) is 0 Å². The molecule has 32 heavy (non-hydrogen) atoms. The molecular formula is C28H22F3P. The maximum atomic E-state index is 12.9. The summed E-state index contributed by atoms with van der Waals surface area (Å²) >= 11 is 0. The van der Waals surface area contributed by atoms with E-state index in [-0.39, 0.29) is 0 Å². The predicted octanol–water partition coefficient (Wildman–Crippen LogP) is 9.01. The smallest absolute Gasteiger partial charge is 0.166 e. The Bertz CT molecular complexity index is 1250. The van der Waals surface area contributed by atoms with E-state index < -0.39 is 19.3 Å². The second-order valence-corrected chi connectivity index (χ2v) is 10.2. The second-order valence-electron chi connectivity index (χ2n) is 8.03. The molecule has 0 N–H and O–H groups in total. The molecule has 0 amide bonds. The molecule has 0 fully saturated rings. The number of benzene rings is 3. The van der Waals surface area contributed by atoms with Crippen LogP contribution in [0.4, 0.5) is 13.2 Å². The van der Waals surface area contributed by atoms with Gasteiger partial charge in [0.05, 0.1) is 5.56 Å². The van der Waals surface area contributed by atoms with Gasteiger partial charge < -0.3 is 0 Å². The first-order valence-electron chi connectivity index (χ1n) is 10.7. The Balaban J connectivity index is 1.65. The Morgan fingerprint density at radius 3 is 1.97 bits per heavy atom. The van der Waals surface area contributed by atoms with Crippen LogP contribution < -0.4 is 0 Å². The monoisotopic (exact) mass is 446 g/mol. The maximum absolute atomic E-state index is 12.9. The van der Waals surface area contributed by atoms with Crippen molar-refractivity contribution in [2.75, 3.05) is 0 Å². The molecule has 5 rings (SSSR count). The molecule has 3 aromatic carbocycles. The van der Waals surface area contributed by atoms with Crippen LogP contribution >= 0.6 is 7.53 Å². The fourth-order valence-corrected chi connectivity index (χ4v) is 7.47. The molecule has 160 valence electrons. The fourth-order valence-electron chi connectivity index (χ4n) is 4.56. The van der Waals surface area contributed by atoms with Crippen molar-refractivity contribution >= 4 is 19.7 Å². The van der Waals surface area contributed by atoms with E-state index >= 15 is 0 Å². The predicted molar refractivity (Wildman–Crippen MR) is 128 cm³/mol. The molecule has 1 aliphatic rings. The Morgan fingerprint density at radius 1 is 0.688 bits per heavy atom. The lowest BCUT2D eigenvalue weighted by Crippen LogP contribution is -2.03. The van der Waals surface area contributed by atoms with E-state index in [2.05, 4.69) is 54.6 Å². The fraction of sp³-hybridized carbons (Fsp3) is 0.143. The van der Waals surface area contributed by atoms with E-state index in [1.54, 1.807) is 12.1 Å². The van der Waals surface area contributed by atoms with E-state index in [1.807, 2.05) is 18.2 Å². The number of rotatable bonds is 4. The van der Waals surface area contributed by atoms with Gasteiger partial charge in [0, 0.05) is 10.6 Å².